The van der Waals surface area contributed by atoms with E-state index in [2.05, 4.69) is 17.1 Å². The van der Waals surface area contributed by atoms with Crippen molar-refractivity contribution in [2.45, 2.75) is 26.2 Å². The Bertz CT molecular complexity index is 144. The van der Waals surface area contributed by atoms with Crippen LogP contribution in [0.25, 0.3) is 0 Å². The maximum atomic E-state index is 3.48. The molecule has 0 spiro atoms. The van der Waals surface area contributed by atoms with E-state index in [4.69, 9.17) is 0 Å². The van der Waals surface area contributed by atoms with Crippen molar-refractivity contribution in [3.63, 3.8) is 0 Å². The molecule has 2 nitrogen and oxygen atoms in total. The SMILES string of the molecule is CCN1CCC(C2CCNC2)CC1. The standard InChI is InChI=1S/C11H22N2/c1-2-13-7-4-10(5-8-13)11-3-6-12-9-11/h10-12H,2-9H2,1H3. The second-order valence-electron chi connectivity index (χ2n) is 4.52. The van der Waals surface area contributed by atoms with Gasteiger partial charge in [-0.1, -0.05) is 6.92 Å². The lowest BCUT2D eigenvalue weighted by atomic mass is 9.84. The smallest absolute Gasteiger partial charge is 0.00161 e. The van der Waals surface area contributed by atoms with E-state index in [0.29, 0.717) is 0 Å². The molecule has 2 fully saturated rings. The highest BCUT2D eigenvalue weighted by Gasteiger charge is 2.27. The second kappa shape index (κ2) is 4.43. The summed E-state index contributed by atoms with van der Waals surface area (Å²) in [6, 6.07) is 0. The van der Waals surface area contributed by atoms with Gasteiger partial charge in [-0.3, -0.25) is 0 Å². The summed E-state index contributed by atoms with van der Waals surface area (Å²) in [5, 5.41) is 3.48. The summed E-state index contributed by atoms with van der Waals surface area (Å²) in [7, 11) is 0. The Morgan fingerprint density at radius 1 is 1.15 bits per heavy atom. The highest BCUT2D eigenvalue weighted by Crippen LogP contribution is 2.28. The van der Waals surface area contributed by atoms with Crippen molar-refractivity contribution in [3.8, 4) is 0 Å². The fourth-order valence-corrected chi connectivity index (χ4v) is 2.82. The van der Waals surface area contributed by atoms with Gasteiger partial charge in [0.1, 0.15) is 0 Å². The minimum absolute atomic E-state index is 0.999. The van der Waals surface area contributed by atoms with Gasteiger partial charge in [-0.15, -0.1) is 0 Å². The van der Waals surface area contributed by atoms with E-state index in [1.54, 1.807) is 0 Å². The Kier molecular flexibility index (Phi) is 3.23. The number of nitrogens with one attached hydrogen (secondary N) is 1. The molecule has 2 aliphatic heterocycles. The second-order valence-corrected chi connectivity index (χ2v) is 4.52. The molecule has 0 aliphatic carbocycles. The minimum atomic E-state index is 0.999. The lowest BCUT2D eigenvalue weighted by Gasteiger charge is -2.33. The largest absolute Gasteiger partial charge is 0.316 e. The first kappa shape index (κ1) is 9.47. The number of likely N-dealkylation sites (tertiary alicyclic amines) is 1. The Labute approximate surface area is 81.7 Å². The summed E-state index contributed by atoms with van der Waals surface area (Å²) < 4.78 is 0. The van der Waals surface area contributed by atoms with Gasteiger partial charge in [-0.05, 0) is 63.8 Å². The fourth-order valence-electron chi connectivity index (χ4n) is 2.82. The molecule has 0 amide bonds. The normalized spacial score (nSPS) is 32.5. The number of hydrogen-bond acceptors (Lipinski definition) is 2. The van der Waals surface area contributed by atoms with E-state index in [1.807, 2.05) is 0 Å². The number of hydrogen-bond donors (Lipinski definition) is 1. The molecule has 0 radical (unpaired) electrons. The van der Waals surface area contributed by atoms with Gasteiger partial charge >= 0.3 is 0 Å². The molecule has 1 atom stereocenters. The van der Waals surface area contributed by atoms with E-state index in [0.717, 1.165) is 11.8 Å². The summed E-state index contributed by atoms with van der Waals surface area (Å²) >= 11 is 0. The van der Waals surface area contributed by atoms with Crippen LogP contribution in [0.4, 0.5) is 0 Å². The first-order valence-corrected chi connectivity index (χ1v) is 5.83. The predicted octanol–water partition coefficient (Wildman–Crippen LogP) is 1.33. The molecule has 2 saturated heterocycles. The lowest BCUT2D eigenvalue weighted by molar-refractivity contribution is 0.158. The van der Waals surface area contributed by atoms with Crippen molar-refractivity contribution >= 4 is 0 Å². The number of piperidine rings is 1. The van der Waals surface area contributed by atoms with Crippen LogP contribution >= 0.6 is 0 Å². The molecule has 0 aromatic carbocycles. The molecule has 0 bridgehead atoms. The van der Waals surface area contributed by atoms with E-state index >= 15 is 0 Å². The number of nitrogens with zero attached hydrogens (tertiary/aromatic N) is 1. The Balaban J connectivity index is 1.77. The fraction of sp³-hybridized carbons (Fsp3) is 1.00. The molecule has 2 heterocycles. The molecule has 0 aromatic heterocycles. The third-order valence-electron chi connectivity index (χ3n) is 3.84. The first-order valence-electron chi connectivity index (χ1n) is 5.83. The molecular weight excluding hydrogens is 160 g/mol. The average molecular weight is 182 g/mol. The first-order chi connectivity index (χ1) is 6.40. The van der Waals surface area contributed by atoms with Crippen molar-refractivity contribution in [3.05, 3.63) is 0 Å². The quantitative estimate of drug-likeness (QED) is 0.693. The molecule has 1 N–H and O–H groups in total. The summed E-state index contributed by atoms with van der Waals surface area (Å²) in [5.74, 6) is 2.02. The Morgan fingerprint density at radius 3 is 2.46 bits per heavy atom. The molecule has 2 rings (SSSR count). The van der Waals surface area contributed by atoms with Crippen LogP contribution in [0.2, 0.25) is 0 Å². The van der Waals surface area contributed by atoms with Crippen LogP contribution in [-0.2, 0) is 0 Å². The number of rotatable bonds is 2. The van der Waals surface area contributed by atoms with Crippen molar-refractivity contribution < 1.29 is 0 Å². The van der Waals surface area contributed by atoms with Crippen LogP contribution in [0.5, 0.6) is 0 Å². The molecule has 13 heavy (non-hydrogen) atoms. The zero-order valence-electron chi connectivity index (χ0n) is 8.76. The topological polar surface area (TPSA) is 15.3 Å². The van der Waals surface area contributed by atoms with Gasteiger partial charge in [0.15, 0.2) is 0 Å². The molecule has 2 heteroatoms. The third-order valence-corrected chi connectivity index (χ3v) is 3.84. The third kappa shape index (κ3) is 2.23. The van der Waals surface area contributed by atoms with Gasteiger partial charge in [0.25, 0.3) is 0 Å². The average Bonchev–Trinajstić information content (AvgIpc) is 2.71. The molecule has 76 valence electrons. The van der Waals surface area contributed by atoms with Crippen molar-refractivity contribution in [1.82, 2.24) is 10.2 Å². The van der Waals surface area contributed by atoms with Gasteiger partial charge < -0.3 is 10.2 Å². The summed E-state index contributed by atoms with van der Waals surface area (Å²) in [5.41, 5.74) is 0. The highest BCUT2D eigenvalue weighted by molar-refractivity contribution is 4.82. The van der Waals surface area contributed by atoms with Crippen LogP contribution in [0.15, 0.2) is 0 Å². The maximum Gasteiger partial charge on any atom is -0.00161 e. The molecule has 2 aliphatic rings. The van der Waals surface area contributed by atoms with Gasteiger partial charge in [-0.25, -0.2) is 0 Å². The molecule has 0 saturated carbocycles. The van der Waals surface area contributed by atoms with Gasteiger partial charge in [0, 0.05) is 0 Å². The minimum Gasteiger partial charge on any atom is -0.316 e. The van der Waals surface area contributed by atoms with Gasteiger partial charge in [-0.2, -0.15) is 0 Å². The molecular formula is C11H22N2. The van der Waals surface area contributed by atoms with Crippen LogP contribution in [0.1, 0.15) is 26.2 Å². The van der Waals surface area contributed by atoms with Crippen LogP contribution < -0.4 is 5.32 Å². The van der Waals surface area contributed by atoms with E-state index in [1.165, 1.54) is 52.0 Å². The zero-order chi connectivity index (χ0) is 9.10. The van der Waals surface area contributed by atoms with Crippen LogP contribution in [0.3, 0.4) is 0 Å². The lowest BCUT2D eigenvalue weighted by Crippen LogP contribution is -2.36. The maximum absolute atomic E-state index is 3.48. The Hall–Kier alpha value is -0.0800. The molecule has 1 unspecified atom stereocenters. The summed E-state index contributed by atoms with van der Waals surface area (Å²) in [4.78, 5) is 2.58. The summed E-state index contributed by atoms with van der Waals surface area (Å²) in [6.45, 7) is 8.76. The monoisotopic (exact) mass is 182 g/mol. The van der Waals surface area contributed by atoms with Crippen molar-refractivity contribution in [2.24, 2.45) is 11.8 Å². The zero-order valence-corrected chi connectivity index (χ0v) is 8.76. The van der Waals surface area contributed by atoms with E-state index < -0.39 is 0 Å². The van der Waals surface area contributed by atoms with Crippen molar-refractivity contribution in [2.75, 3.05) is 32.7 Å². The molecule has 0 aromatic rings. The Morgan fingerprint density at radius 2 is 1.92 bits per heavy atom. The van der Waals surface area contributed by atoms with E-state index in [9.17, 15) is 0 Å². The van der Waals surface area contributed by atoms with Gasteiger partial charge in [0.05, 0.1) is 0 Å². The van der Waals surface area contributed by atoms with E-state index in [-0.39, 0.29) is 0 Å². The van der Waals surface area contributed by atoms with Crippen molar-refractivity contribution in [1.29, 1.82) is 0 Å². The summed E-state index contributed by atoms with van der Waals surface area (Å²) in [6.07, 6.45) is 4.32. The van der Waals surface area contributed by atoms with Crippen LogP contribution in [-0.4, -0.2) is 37.6 Å². The predicted molar refractivity (Wildman–Crippen MR) is 55.8 cm³/mol. The highest BCUT2D eigenvalue weighted by atomic mass is 15.1. The van der Waals surface area contributed by atoms with Crippen LogP contribution in [0, 0.1) is 11.8 Å². The van der Waals surface area contributed by atoms with Gasteiger partial charge in [0.2, 0.25) is 0 Å².